The summed E-state index contributed by atoms with van der Waals surface area (Å²) >= 11 is 5.87. The number of carbonyl (C=O) groups excluding carboxylic acids is 1. The van der Waals surface area contributed by atoms with E-state index in [-0.39, 0.29) is 5.91 Å². The third-order valence-electron chi connectivity index (χ3n) is 2.74. The molecule has 0 unspecified atom stereocenters. The number of nitrogens with one attached hydrogen (secondary N) is 1. The van der Waals surface area contributed by atoms with Gasteiger partial charge in [0.15, 0.2) is 0 Å². The quantitative estimate of drug-likeness (QED) is 0.911. The van der Waals surface area contributed by atoms with E-state index in [1.54, 1.807) is 24.3 Å². The normalized spacial score (nSPS) is 10.2. The lowest BCUT2D eigenvalue weighted by Crippen LogP contribution is -2.15. The molecule has 2 aromatic rings. The number of benzene rings is 1. The number of pyridine rings is 1. The molecular formula is C14H14ClN3O2. The van der Waals surface area contributed by atoms with Crippen LogP contribution in [0.5, 0.6) is 5.75 Å². The first-order chi connectivity index (χ1) is 9.51. The predicted molar refractivity (Wildman–Crippen MR) is 79.3 cm³/mol. The van der Waals surface area contributed by atoms with Crippen molar-refractivity contribution in [2.24, 2.45) is 0 Å². The molecule has 0 atom stereocenters. The Morgan fingerprint density at radius 3 is 2.80 bits per heavy atom. The number of anilines is 2. The number of nitrogens with two attached hydrogens (primary N) is 1. The van der Waals surface area contributed by atoms with E-state index in [2.05, 4.69) is 10.3 Å². The van der Waals surface area contributed by atoms with E-state index in [0.717, 1.165) is 5.56 Å². The highest BCUT2D eigenvalue weighted by Crippen LogP contribution is 2.24. The Bertz CT molecular complexity index is 659. The van der Waals surface area contributed by atoms with Gasteiger partial charge in [-0.05, 0) is 36.8 Å². The van der Waals surface area contributed by atoms with Crippen LogP contribution in [0.3, 0.4) is 0 Å². The first-order valence-electron chi connectivity index (χ1n) is 5.88. The average Bonchev–Trinajstić information content (AvgIpc) is 2.41. The molecular weight excluding hydrogens is 278 g/mol. The average molecular weight is 292 g/mol. The second-order valence-corrected chi connectivity index (χ2v) is 4.67. The summed E-state index contributed by atoms with van der Waals surface area (Å²) in [6.07, 6.45) is 1.49. The zero-order chi connectivity index (χ0) is 14.7. The summed E-state index contributed by atoms with van der Waals surface area (Å²) in [5.41, 5.74) is 7.34. The molecule has 0 radical (unpaired) electrons. The molecule has 5 nitrogen and oxygen atoms in total. The fourth-order valence-corrected chi connectivity index (χ4v) is 1.92. The van der Waals surface area contributed by atoms with Crippen molar-refractivity contribution in [3.05, 3.63) is 46.6 Å². The minimum absolute atomic E-state index is 0.320. The van der Waals surface area contributed by atoms with E-state index in [1.807, 2.05) is 6.92 Å². The minimum atomic E-state index is -0.320. The van der Waals surface area contributed by atoms with Crippen LogP contribution >= 0.6 is 11.6 Å². The van der Waals surface area contributed by atoms with Crippen molar-refractivity contribution in [3.8, 4) is 5.75 Å². The number of rotatable bonds is 3. The maximum atomic E-state index is 12.2. The van der Waals surface area contributed by atoms with Gasteiger partial charge in [0.25, 0.3) is 5.91 Å². The molecule has 1 aromatic heterocycles. The first kappa shape index (κ1) is 14.1. The number of aromatic nitrogens is 1. The molecule has 20 heavy (non-hydrogen) atoms. The number of hydrogen-bond acceptors (Lipinski definition) is 4. The Labute approximate surface area is 121 Å². The molecule has 0 saturated carbocycles. The van der Waals surface area contributed by atoms with Crippen LogP contribution in [0.15, 0.2) is 30.5 Å². The van der Waals surface area contributed by atoms with E-state index < -0.39 is 0 Å². The maximum absolute atomic E-state index is 12.2. The van der Waals surface area contributed by atoms with Gasteiger partial charge in [0.2, 0.25) is 0 Å². The molecule has 0 fully saturated rings. The SMILES string of the molecule is COc1cc(Cl)ccc1C(=O)Nc1ncc(N)cc1C. The Balaban J connectivity index is 2.28. The summed E-state index contributed by atoms with van der Waals surface area (Å²) in [7, 11) is 1.48. The molecule has 0 aliphatic heterocycles. The number of nitrogens with zero attached hydrogens (tertiary/aromatic N) is 1. The van der Waals surface area contributed by atoms with Crippen molar-refractivity contribution in [2.75, 3.05) is 18.2 Å². The molecule has 0 aliphatic carbocycles. The van der Waals surface area contributed by atoms with E-state index >= 15 is 0 Å². The summed E-state index contributed by atoms with van der Waals surface area (Å²) < 4.78 is 5.15. The molecule has 1 amide bonds. The number of ether oxygens (including phenoxy) is 1. The molecule has 3 N–H and O–H groups in total. The Morgan fingerprint density at radius 2 is 2.15 bits per heavy atom. The zero-order valence-corrected chi connectivity index (χ0v) is 11.9. The van der Waals surface area contributed by atoms with Crippen LogP contribution < -0.4 is 15.8 Å². The second kappa shape index (κ2) is 5.79. The van der Waals surface area contributed by atoms with Gasteiger partial charge in [0.05, 0.1) is 24.6 Å². The smallest absolute Gasteiger partial charge is 0.260 e. The fraction of sp³-hybridized carbons (Fsp3) is 0.143. The van der Waals surface area contributed by atoms with Crippen molar-refractivity contribution in [1.29, 1.82) is 0 Å². The molecule has 0 bridgehead atoms. The molecule has 1 heterocycles. The summed E-state index contributed by atoms with van der Waals surface area (Å²) in [6, 6.07) is 6.55. The molecule has 2 rings (SSSR count). The van der Waals surface area contributed by atoms with E-state index in [0.29, 0.717) is 27.8 Å². The summed E-state index contributed by atoms with van der Waals surface area (Å²) in [4.78, 5) is 16.3. The number of aryl methyl sites for hydroxylation is 1. The van der Waals surface area contributed by atoms with E-state index in [1.165, 1.54) is 13.3 Å². The van der Waals surface area contributed by atoms with Crippen molar-refractivity contribution in [1.82, 2.24) is 4.98 Å². The summed E-state index contributed by atoms with van der Waals surface area (Å²) in [6.45, 7) is 1.82. The highest BCUT2D eigenvalue weighted by atomic mass is 35.5. The highest BCUT2D eigenvalue weighted by Gasteiger charge is 2.14. The highest BCUT2D eigenvalue weighted by molar-refractivity contribution is 6.31. The van der Waals surface area contributed by atoms with Gasteiger partial charge < -0.3 is 15.8 Å². The Hall–Kier alpha value is -2.27. The minimum Gasteiger partial charge on any atom is -0.496 e. The summed E-state index contributed by atoms with van der Waals surface area (Å²) in [5, 5.41) is 3.22. The molecule has 0 saturated heterocycles. The van der Waals surface area contributed by atoms with Crippen LogP contribution in [0.25, 0.3) is 0 Å². The van der Waals surface area contributed by atoms with Gasteiger partial charge in [-0.25, -0.2) is 4.98 Å². The monoisotopic (exact) mass is 291 g/mol. The number of halogens is 1. The molecule has 6 heteroatoms. The third-order valence-corrected chi connectivity index (χ3v) is 2.97. The van der Waals surface area contributed by atoms with E-state index in [4.69, 9.17) is 22.1 Å². The lowest BCUT2D eigenvalue weighted by molar-refractivity contribution is 0.102. The summed E-state index contributed by atoms with van der Waals surface area (Å²) in [5.74, 6) is 0.545. The number of amides is 1. The lowest BCUT2D eigenvalue weighted by Gasteiger charge is -2.11. The van der Waals surface area contributed by atoms with E-state index in [9.17, 15) is 4.79 Å². The van der Waals surface area contributed by atoms with Gasteiger partial charge in [-0.1, -0.05) is 11.6 Å². The second-order valence-electron chi connectivity index (χ2n) is 4.23. The Morgan fingerprint density at radius 1 is 1.40 bits per heavy atom. The molecule has 0 aliphatic rings. The standard InChI is InChI=1S/C14H14ClN3O2/c1-8-5-10(16)7-17-13(8)18-14(19)11-4-3-9(15)6-12(11)20-2/h3-7H,16H2,1-2H3,(H,17,18,19). The van der Waals surface area contributed by atoms with Crippen molar-refractivity contribution in [3.63, 3.8) is 0 Å². The number of nitrogen functional groups attached to an aromatic ring is 1. The van der Waals surface area contributed by atoms with Crippen LogP contribution in [0.4, 0.5) is 11.5 Å². The maximum Gasteiger partial charge on any atom is 0.260 e. The molecule has 104 valence electrons. The van der Waals surface area contributed by atoms with Crippen LogP contribution in [-0.2, 0) is 0 Å². The topological polar surface area (TPSA) is 77.2 Å². The van der Waals surface area contributed by atoms with Crippen molar-refractivity contribution in [2.45, 2.75) is 6.92 Å². The van der Waals surface area contributed by atoms with Crippen LogP contribution in [0.1, 0.15) is 15.9 Å². The van der Waals surface area contributed by atoms with Crippen molar-refractivity contribution < 1.29 is 9.53 Å². The van der Waals surface area contributed by atoms with Crippen LogP contribution in [0.2, 0.25) is 5.02 Å². The Kier molecular flexibility index (Phi) is 4.10. The third kappa shape index (κ3) is 3.00. The predicted octanol–water partition coefficient (Wildman–Crippen LogP) is 2.89. The van der Waals surface area contributed by atoms with Gasteiger partial charge in [0, 0.05) is 5.02 Å². The van der Waals surface area contributed by atoms with Gasteiger partial charge >= 0.3 is 0 Å². The lowest BCUT2D eigenvalue weighted by atomic mass is 10.2. The molecule has 0 spiro atoms. The van der Waals surface area contributed by atoms with Gasteiger partial charge in [-0.15, -0.1) is 0 Å². The van der Waals surface area contributed by atoms with Gasteiger partial charge in [0.1, 0.15) is 11.6 Å². The number of methoxy groups -OCH3 is 1. The zero-order valence-electron chi connectivity index (χ0n) is 11.1. The van der Waals surface area contributed by atoms with Crippen molar-refractivity contribution >= 4 is 29.0 Å². The fourth-order valence-electron chi connectivity index (χ4n) is 1.75. The van der Waals surface area contributed by atoms with Gasteiger partial charge in [-0.2, -0.15) is 0 Å². The first-order valence-corrected chi connectivity index (χ1v) is 6.26. The van der Waals surface area contributed by atoms with Crippen LogP contribution in [-0.4, -0.2) is 18.0 Å². The largest absolute Gasteiger partial charge is 0.496 e. The van der Waals surface area contributed by atoms with Gasteiger partial charge in [-0.3, -0.25) is 4.79 Å². The number of carbonyl (C=O) groups is 1. The molecule has 1 aromatic carbocycles. The van der Waals surface area contributed by atoms with Crippen LogP contribution in [0, 0.1) is 6.92 Å². The number of hydrogen-bond donors (Lipinski definition) is 2.